The van der Waals surface area contributed by atoms with Gasteiger partial charge in [0.05, 0.1) is 5.00 Å². The molecule has 0 fully saturated rings. The van der Waals surface area contributed by atoms with Crippen molar-refractivity contribution >= 4 is 38.8 Å². The third-order valence-corrected chi connectivity index (χ3v) is 3.55. The molecule has 0 saturated carbocycles. The van der Waals surface area contributed by atoms with Gasteiger partial charge in [-0.25, -0.2) is 4.79 Å². The van der Waals surface area contributed by atoms with Crippen LogP contribution in [0.15, 0.2) is 60.0 Å². The van der Waals surface area contributed by atoms with E-state index < -0.39 is 0 Å². The number of rotatable bonds is 2. The molecule has 94 valence electrons. The summed E-state index contributed by atoms with van der Waals surface area (Å²) in [5.41, 5.74) is 0.785. The van der Waals surface area contributed by atoms with E-state index >= 15 is 0 Å². The quantitative estimate of drug-likeness (QED) is 0.703. The van der Waals surface area contributed by atoms with Gasteiger partial charge in [-0.05, 0) is 40.4 Å². The minimum Gasteiger partial charge on any atom is -0.308 e. The Morgan fingerprint density at radius 1 is 0.895 bits per heavy atom. The lowest BCUT2D eigenvalue weighted by Gasteiger charge is -2.07. The first-order valence-corrected chi connectivity index (χ1v) is 6.79. The SMILES string of the molecule is O=C(Nc1ccc2ccccc2c1)Nc1cccs1. The van der Waals surface area contributed by atoms with E-state index in [0.717, 1.165) is 21.5 Å². The number of nitrogens with one attached hydrogen (secondary N) is 2. The summed E-state index contributed by atoms with van der Waals surface area (Å²) in [6, 6.07) is 17.5. The van der Waals surface area contributed by atoms with Crippen LogP contribution in [0.4, 0.5) is 15.5 Å². The minimum absolute atomic E-state index is 0.224. The number of hydrogen-bond donors (Lipinski definition) is 2. The molecule has 0 atom stereocenters. The molecule has 0 aliphatic rings. The second-order valence-corrected chi connectivity index (χ2v) is 5.07. The van der Waals surface area contributed by atoms with E-state index in [1.807, 2.05) is 60.0 Å². The zero-order valence-corrected chi connectivity index (χ0v) is 10.9. The average Bonchev–Trinajstić information content (AvgIpc) is 2.91. The highest BCUT2D eigenvalue weighted by atomic mass is 32.1. The second-order valence-electron chi connectivity index (χ2n) is 4.12. The molecule has 0 radical (unpaired) electrons. The number of hydrogen-bond acceptors (Lipinski definition) is 2. The number of benzene rings is 2. The summed E-state index contributed by atoms with van der Waals surface area (Å²) in [6.07, 6.45) is 0. The summed E-state index contributed by atoms with van der Waals surface area (Å²) in [5.74, 6) is 0. The van der Waals surface area contributed by atoms with Gasteiger partial charge in [-0.2, -0.15) is 0 Å². The lowest BCUT2D eigenvalue weighted by atomic mass is 10.1. The van der Waals surface area contributed by atoms with Gasteiger partial charge in [-0.3, -0.25) is 5.32 Å². The Labute approximate surface area is 114 Å². The average molecular weight is 268 g/mol. The largest absolute Gasteiger partial charge is 0.324 e. The Morgan fingerprint density at radius 3 is 2.53 bits per heavy atom. The highest BCUT2D eigenvalue weighted by Gasteiger charge is 2.03. The molecule has 2 aromatic carbocycles. The Kier molecular flexibility index (Phi) is 3.16. The van der Waals surface area contributed by atoms with Crippen LogP contribution in [0.1, 0.15) is 0 Å². The summed E-state index contributed by atoms with van der Waals surface area (Å²) in [5, 5.41) is 10.6. The van der Waals surface area contributed by atoms with Crippen molar-refractivity contribution in [2.24, 2.45) is 0 Å². The molecule has 3 rings (SSSR count). The molecule has 0 aliphatic heterocycles. The molecule has 3 nitrogen and oxygen atoms in total. The van der Waals surface area contributed by atoms with Gasteiger partial charge >= 0.3 is 6.03 Å². The summed E-state index contributed by atoms with van der Waals surface area (Å²) < 4.78 is 0. The molecule has 0 bridgehead atoms. The lowest BCUT2D eigenvalue weighted by molar-refractivity contribution is 0.262. The Hall–Kier alpha value is -2.33. The molecular weight excluding hydrogens is 256 g/mol. The molecular formula is C15H12N2OS. The molecule has 0 unspecified atom stereocenters. The van der Waals surface area contributed by atoms with Gasteiger partial charge in [0.15, 0.2) is 0 Å². The minimum atomic E-state index is -0.224. The van der Waals surface area contributed by atoms with Gasteiger partial charge in [0, 0.05) is 5.69 Å². The zero-order chi connectivity index (χ0) is 13.1. The third-order valence-electron chi connectivity index (χ3n) is 2.77. The van der Waals surface area contributed by atoms with Crippen molar-refractivity contribution in [1.29, 1.82) is 0 Å². The van der Waals surface area contributed by atoms with Gasteiger partial charge in [-0.1, -0.05) is 30.3 Å². The van der Waals surface area contributed by atoms with Crippen molar-refractivity contribution in [2.45, 2.75) is 0 Å². The topological polar surface area (TPSA) is 41.1 Å². The molecule has 0 saturated heterocycles. The molecule has 3 aromatic rings. The predicted octanol–water partition coefficient (Wildman–Crippen LogP) is 4.55. The van der Waals surface area contributed by atoms with E-state index in [1.54, 1.807) is 0 Å². The zero-order valence-electron chi connectivity index (χ0n) is 10.1. The molecule has 2 amide bonds. The second kappa shape index (κ2) is 5.12. The predicted molar refractivity (Wildman–Crippen MR) is 80.9 cm³/mol. The van der Waals surface area contributed by atoms with E-state index in [1.165, 1.54) is 11.3 Å². The standard InChI is InChI=1S/C15H12N2OS/c18-15(17-14-6-3-9-19-14)16-13-8-7-11-4-1-2-5-12(11)10-13/h1-10H,(H2,16,17,18). The van der Waals surface area contributed by atoms with E-state index in [2.05, 4.69) is 10.6 Å². The van der Waals surface area contributed by atoms with Gasteiger partial charge < -0.3 is 5.32 Å². The number of fused-ring (bicyclic) bond motifs is 1. The highest BCUT2D eigenvalue weighted by Crippen LogP contribution is 2.20. The van der Waals surface area contributed by atoms with Crippen molar-refractivity contribution in [2.75, 3.05) is 10.6 Å². The molecule has 4 heteroatoms. The maximum Gasteiger partial charge on any atom is 0.324 e. The lowest BCUT2D eigenvalue weighted by Crippen LogP contribution is -2.18. The van der Waals surface area contributed by atoms with E-state index in [9.17, 15) is 4.79 Å². The summed E-state index contributed by atoms with van der Waals surface area (Å²) in [7, 11) is 0. The van der Waals surface area contributed by atoms with Crippen LogP contribution in [-0.2, 0) is 0 Å². The Balaban J connectivity index is 1.75. The first kappa shape index (κ1) is 11.7. The van der Waals surface area contributed by atoms with Crippen LogP contribution in [-0.4, -0.2) is 6.03 Å². The maximum absolute atomic E-state index is 11.8. The third kappa shape index (κ3) is 2.74. The van der Waals surface area contributed by atoms with Crippen LogP contribution in [0.3, 0.4) is 0 Å². The monoisotopic (exact) mass is 268 g/mol. The van der Waals surface area contributed by atoms with Crippen LogP contribution in [0.5, 0.6) is 0 Å². The van der Waals surface area contributed by atoms with Crippen molar-refractivity contribution < 1.29 is 4.79 Å². The molecule has 1 aromatic heterocycles. The van der Waals surface area contributed by atoms with Crippen LogP contribution in [0.2, 0.25) is 0 Å². The first-order chi connectivity index (χ1) is 9.31. The molecule has 1 heterocycles. The Morgan fingerprint density at radius 2 is 1.74 bits per heavy atom. The molecule has 0 aliphatic carbocycles. The van der Waals surface area contributed by atoms with Gasteiger partial charge in [0.2, 0.25) is 0 Å². The van der Waals surface area contributed by atoms with Crippen molar-refractivity contribution in [3.05, 3.63) is 60.0 Å². The summed E-state index contributed by atoms with van der Waals surface area (Å²) >= 11 is 1.49. The molecule has 19 heavy (non-hydrogen) atoms. The number of thiophene rings is 1. The maximum atomic E-state index is 11.8. The van der Waals surface area contributed by atoms with Gasteiger partial charge in [-0.15, -0.1) is 11.3 Å². The number of amides is 2. The van der Waals surface area contributed by atoms with E-state index in [4.69, 9.17) is 0 Å². The van der Waals surface area contributed by atoms with Crippen molar-refractivity contribution in [3.8, 4) is 0 Å². The normalized spacial score (nSPS) is 10.3. The fourth-order valence-corrected chi connectivity index (χ4v) is 2.50. The number of carbonyl (C=O) groups excluding carboxylic acids is 1. The number of anilines is 2. The van der Waals surface area contributed by atoms with Crippen LogP contribution >= 0.6 is 11.3 Å². The highest BCUT2D eigenvalue weighted by molar-refractivity contribution is 7.14. The fourth-order valence-electron chi connectivity index (χ4n) is 1.89. The molecule has 0 spiro atoms. The molecule has 2 N–H and O–H groups in total. The number of urea groups is 1. The Bertz CT molecular complexity index is 707. The summed E-state index contributed by atoms with van der Waals surface area (Å²) in [6.45, 7) is 0. The summed E-state index contributed by atoms with van der Waals surface area (Å²) in [4.78, 5) is 11.8. The van der Waals surface area contributed by atoms with Crippen LogP contribution in [0, 0.1) is 0 Å². The first-order valence-electron chi connectivity index (χ1n) is 5.91. The van der Waals surface area contributed by atoms with Crippen LogP contribution < -0.4 is 10.6 Å². The number of carbonyl (C=O) groups is 1. The van der Waals surface area contributed by atoms with E-state index in [0.29, 0.717) is 0 Å². The van der Waals surface area contributed by atoms with Crippen molar-refractivity contribution in [1.82, 2.24) is 0 Å². The van der Waals surface area contributed by atoms with Gasteiger partial charge in [0.1, 0.15) is 0 Å². The van der Waals surface area contributed by atoms with Crippen LogP contribution in [0.25, 0.3) is 10.8 Å². The van der Waals surface area contributed by atoms with Crippen molar-refractivity contribution in [3.63, 3.8) is 0 Å². The van der Waals surface area contributed by atoms with E-state index in [-0.39, 0.29) is 6.03 Å². The smallest absolute Gasteiger partial charge is 0.308 e. The van der Waals surface area contributed by atoms with Gasteiger partial charge in [0.25, 0.3) is 0 Å². The fraction of sp³-hybridized carbons (Fsp3) is 0.